The Morgan fingerprint density at radius 3 is 2.32 bits per heavy atom. The van der Waals surface area contributed by atoms with Gasteiger partial charge in [0.15, 0.2) is 17.7 Å². The van der Waals surface area contributed by atoms with Crippen molar-refractivity contribution in [3.05, 3.63) is 28.2 Å². The molecule has 0 aliphatic carbocycles. The van der Waals surface area contributed by atoms with Crippen molar-refractivity contribution in [3.8, 4) is 0 Å². The summed E-state index contributed by atoms with van der Waals surface area (Å²) in [5.74, 6) is -2.84. The zero-order valence-electron chi connectivity index (χ0n) is 14.2. The SMILES string of the molecule is CC(C)(C)NC(=O)O[C@H](CCCO)C(=O)Nc1c(F)cc(Br)cc1F. The Hall–Kier alpha value is -1.74. The third-order valence-electron chi connectivity index (χ3n) is 2.90. The number of aliphatic hydroxyl groups excluding tert-OH is 1. The van der Waals surface area contributed by atoms with Gasteiger partial charge in [-0.2, -0.15) is 0 Å². The molecule has 2 amide bonds. The van der Waals surface area contributed by atoms with Gasteiger partial charge in [-0.1, -0.05) is 15.9 Å². The highest BCUT2D eigenvalue weighted by atomic mass is 79.9. The fourth-order valence-electron chi connectivity index (χ4n) is 1.85. The number of nitrogens with one attached hydrogen (secondary N) is 2. The fourth-order valence-corrected chi connectivity index (χ4v) is 2.25. The first-order valence-electron chi connectivity index (χ1n) is 7.58. The van der Waals surface area contributed by atoms with E-state index in [9.17, 15) is 18.4 Å². The second kappa shape index (κ2) is 9.10. The summed E-state index contributed by atoms with van der Waals surface area (Å²) >= 11 is 2.94. The summed E-state index contributed by atoms with van der Waals surface area (Å²) in [6.45, 7) is 4.95. The third-order valence-corrected chi connectivity index (χ3v) is 3.36. The van der Waals surface area contributed by atoms with Crippen molar-refractivity contribution in [2.45, 2.75) is 45.3 Å². The lowest BCUT2D eigenvalue weighted by molar-refractivity contribution is -0.124. The van der Waals surface area contributed by atoms with Crippen molar-refractivity contribution in [1.29, 1.82) is 0 Å². The number of alkyl carbamates (subject to hydrolysis) is 1. The summed E-state index contributed by atoms with van der Waals surface area (Å²) in [6.07, 6.45) is -1.98. The Bertz CT molecular complexity index is 612. The molecule has 1 rings (SSSR count). The predicted molar refractivity (Wildman–Crippen MR) is 92.2 cm³/mol. The number of ether oxygens (including phenoxy) is 1. The molecule has 6 nitrogen and oxygen atoms in total. The summed E-state index contributed by atoms with van der Waals surface area (Å²) in [5, 5.41) is 13.5. The molecule has 0 aliphatic rings. The van der Waals surface area contributed by atoms with E-state index >= 15 is 0 Å². The van der Waals surface area contributed by atoms with Gasteiger partial charge in [0.2, 0.25) is 0 Å². The van der Waals surface area contributed by atoms with Gasteiger partial charge in [-0.15, -0.1) is 0 Å². The highest BCUT2D eigenvalue weighted by Crippen LogP contribution is 2.24. The molecule has 25 heavy (non-hydrogen) atoms. The van der Waals surface area contributed by atoms with Crippen molar-refractivity contribution in [2.75, 3.05) is 11.9 Å². The topological polar surface area (TPSA) is 87.7 Å². The number of amides is 2. The van der Waals surface area contributed by atoms with Gasteiger partial charge >= 0.3 is 6.09 Å². The first-order valence-corrected chi connectivity index (χ1v) is 8.38. The molecule has 0 spiro atoms. The number of hydrogen-bond donors (Lipinski definition) is 3. The van der Waals surface area contributed by atoms with Gasteiger partial charge in [0, 0.05) is 16.6 Å². The molecule has 1 aromatic carbocycles. The van der Waals surface area contributed by atoms with Crippen LogP contribution < -0.4 is 10.6 Å². The monoisotopic (exact) mass is 422 g/mol. The van der Waals surface area contributed by atoms with Crippen LogP contribution in [0.2, 0.25) is 0 Å². The van der Waals surface area contributed by atoms with Gasteiger partial charge in [0.05, 0.1) is 0 Å². The molecule has 0 radical (unpaired) electrons. The standard InChI is InChI=1S/C16H21BrF2N2O4/c1-16(2,3)21-15(24)25-12(5-4-6-22)14(23)20-13-10(18)7-9(17)8-11(13)19/h7-8,12,22H,4-6H2,1-3H3,(H,20,23)(H,21,24)/t12-/m1/s1. The smallest absolute Gasteiger partial charge is 0.408 e. The van der Waals surface area contributed by atoms with E-state index in [4.69, 9.17) is 9.84 Å². The van der Waals surface area contributed by atoms with Gasteiger partial charge in [0.1, 0.15) is 5.69 Å². The second-order valence-corrected chi connectivity index (χ2v) is 7.28. The predicted octanol–water partition coefficient (Wildman–Crippen LogP) is 3.33. The first kappa shape index (κ1) is 21.3. The van der Waals surface area contributed by atoms with Crippen LogP contribution in [0.1, 0.15) is 33.6 Å². The average Bonchev–Trinajstić information content (AvgIpc) is 2.45. The quantitative estimate of drug-likeness (QED) is 0.655. The Labute approximate surface area is 153 Å². The minimum absolute atomic E-state index is 0.000335. The maximum absolute atomic E-state index is 13.8. The third kappa shape index (κ3) is 7.35. The van der Waals surface area contributed by atoms with E-state index in [0.717, 1.165) is 12.1 Å². The van der Waals surface area contributed by atoms with E-state index in [1.54, 1.807) is 20.8 Å². The number of anilines is 1. The van der Waals surface area contributed by atoms with Crippen LogP contribution in [0.3, 0.4) is 0 Å². The van der Waals surface area contributed by atoms with Crippen molar-refractivity contribution in [2.24, 2.45) is 0 Å². The lowest BCUT2D eigenvalue weighted by Crippen LogP contribution is -2.44. The maximum atomic E-state index is 13.8. The number of halogens is 3. The van der Waals surface area contributed by atoms with Crippen molar-refractivity contribution in [1.82, 2.24) is 5.32 Å². The summed E-state index contributed by atoms with van der Waals surface area (Å²) in [6, 6.07) is 1.99. The van der Waals surface area contributed by atoms with Crippen LogP contribution in [0.4, 0.5) is 19.3 Å². The van der Waals surface area contributed by atoms with E-state index < -0.39 is 41.0 Å². The zero-order chi connectivity index (χ0) is 19.2. The first-order chi connectivity index (χ1) is 11.5. The Morgan fingerprint density at radius 2 is 1.84 bits per heavy atom. The van der Waals surface area contributed by atoms with Crippen LogP contribution in [-0.2, 0) is 9.53 Å². The van der Waals surface area contributed by atoms with Crippen molar-refractivity contribution >= 4 is 33.6 Å². The summed E-state index contributed by atoms with van der Waals surface area (Å²) < 4.78 is 32.9. The van der Waals surface area contributed by atoms with Crippen molar-refractivity contribution < 1.29 is 28.2 Å². The molecule has 1 atom stereocenters. The summed E-state index contributed by atoms with van der Waals surface area (Å²) in [4.78, 5) is 24.1. The molecule has 0 unspecified atom stereocenters. The summed E-state index contributed by atoms with van der Waals surface area (Å²) in [5.41, 5.74) is -1.22. The largest absolute Gasteiger partial charge is 0.436 e. The minimum Gasteiger partial charge on any atom is -0.436 e. The molecule has 0 saturated heterocycles. The minimum atomic E-state index is -1.31. The molecule has 0 aromatic heterocycles. The Morgan fingerprint density at radius 1 is 1.28 bits per heavy atom. The van der Waals surface area contributed by atoms with Crippen LogP contribution in [0.15, 0.2) is 16.6 Å². The normalized spacial score (nSPS) is 12.4. The van der Waals surface area contributed by atoms with E-state index in [0.29, 0.717) is 0 Å². The van der Waals surface area contributed by atoms with E-state index in [1.165, 1.54) is 0 Å². The number of hydrogen-bond acceptors (Lipinski definition) is 4. The van der Waals surface area contributed by atoms with E-state index in [1.807, 2.05) is 0 Å². The number of carbonyl (C=O) groups is 2. The van der Waals surface area contributed by atoms with Crippen molar-refractivity contribution in [3.63, 3.8) is 0 Å². The van der Waals surface area contributed by atoms with Gasteiger partial charge < -0.3 is 20.5 Å². The van der Waals surface area contributed by atoms with Gasteiger partial charge in [-0.25, -0.2) is 13.6 Å². The summed E-state index contributed by atoms with van der Waals surface area (Å²) in [7, 11) is 0. The fraction of sp³-hybridized carbons (Fsp3) is 0.500. The van der Waals surface area contributed by atoms with Gasteiger partial charge in [0.25, 0.3) is 5.91 Å². The molecule has 9 heteroatoms. The zero-order valence-corrected chi connectivity index (χ0v) is 15.7. The molecule has 0 saturated carbocycles. The highest BCUT2D eigenvalue weighted by molar-refractivity contribution is 9.10. The molecular weight excluding hydrogens is 402 g/mol. The van der Waals surface area contributed by atoms with Crippen LogP contribution in [-0.4, -0.2) is 35.4 Å². The second-order valence-electron chi connectivity index (χ2n) is 6.37. The molecule has 3 N–H and O–H groups in total. The van der Waals surface area contributed by atoms with E-state index in [-0.39, 0.29) is 23.9 Å². The van der Waals surface area contributed by atoms with Crippen LogP contribution in [0, 0.1) is 11.6 Å². The Balaban J connectivity index is 2.88. The van der Waals surface area contributed by atoms with E-state index in [2.05, 4.69) is 26.6 Å². The van der Waals surface area contributed by atoms with Crippen LogP contribution in [0.5, 0.6) is 0 Å². The lowest BCUT2D eigenvalue weighted by Gasteiger charge is -2.23. The molecule has 1 aromatic rings. The molecule has 0 heterocycles. The van der Waals surface area contributed by atoms with Crippen LogP contribution in [0.25, 0.3) is 0 Å². The molecule has 140 valence electrons. The lowest BCUT2D eigenvalue weighted by atomic mass is 10.1. The Kier molecular flexibility index (Phi) is 7.75. The van der Waals surface area contributed by atoms with Crippen LogP contribution >= 0.6 is 15.9 Å². The molecule has 0 bridgehead atoms. The number of carbonyl (C=O) groups excluding carboxylic acids is 2. The highest BCUT2D eigenvalue weighted by Gasteiger charge is 2.26. The molecule has 0 aliphatic heterocycles. The van der Waals surface area contributed by atoms with Gasteiger partial charge in [-0.3, -0.25) is 4.79 Å². The molecule has 0 fully saturated rings. The molecular formula is C16H21BrF2N2O4. The maximum Gasteiger partial charge on any atom is 0.408 e. The average molecular weight is 423 g/mol. The number of benzene rings is 1. The number of aliphatic hydroxyl groups is 1. The van der Waals surface area contributed by atoms with Gasteiger partial charge in [-0.05, 0) is 45.7 Å². The number of rotatable bonds is 6.